The van der Waals surface area contributed by atoms with E-state index in [4.69, 9.17) is 5.11 Å². The fourth-order valence-corrected chi connectivity index (χ4v) is 2.16. The van der Waals surface area contributed by atoms with Gasteiger partial charge in [-0.2, -0.15) is 0 Å². The minimum absolute atomic E-state index is 0.202. The number of carbonyl (C=O) groups excluding carboxylic acids is 1. The molecule has 0 spiro atoms. The van der Waals surface area contributed by atoms with Crippen LogP contribution in [0.25, 0.3) is 0 Å². The van der Waals surface area contributed by atoms with Gasteiger partial charge in [0.2, 0.25) is 0 Å². The number of nitrogens with one attached hydrogen (secondary N) is 1. The molecule has 2 aromatic carbocycles. The van der Waals surface area contributed by atoms with Crippen LogP contribution in [-0.4, -0.2) is 23.7 Å². The number of nitrogens with zero attached hydrogens (tertiary/aromatic N) is 1. The molecule has 0 heterocycles. The number of aromatic carboxylic acids is 1. The molecule has 0 unspecified atom stereocenters. The molecule has 0 radical (unpaired) electrons. The van der Waals surface area contributed by atoms with Gasteiger partial charge in [-0.3, -0.25) is 4.90 Å². The lowest BCUT2D eigenvalue weighted by atomic mass is 10.2. The normalized spacial score (nSPS) is 10.1. The Bertz CT molecular complexity index is 654. The number of urea groups is 1. The molecule has 0 saturated carbocycles. The highest BCUT2D eigenvalue weighted by Crippen LogP contribution is 2.18. The van der Waals surface area contributed by atoms with Crippen molar-refractivity contribution < 1.29 is 14.7 Å². The Balaban J connectivity index is 2.18. The zero-order valence-corrected chi connectivity index (χ0v) is 13.0. The Morgan fingerprint density at radius 1 is 1.04 bits per heavy atom. The van der Waals surface area contributed by atoms with Crippen LogP contribution in [0.15, 0.2) is 54.6 Å². The summed E-state index contributed by atoms with van der Waals surface area (Å²) in [5.74, 6) is -0.981. The molecule has 0 bridgehead atoms. The highest BCUT2D eigenvalue weighted by atomic mass is 16.4. The van der Waals surface area contributed by atoms with Gasteiger partial charge in [-0.05, 0) is 42.8 Å². The number of hydrogen-bond acceptors (Lipinski definition) is 2. The van der Waals surface area contributed by atoms with Gasteiger partial charge in [0.25, 0.3) is 0 Å². The Kier molecular flexibility index (Phi) is 5.74. The molecule has 0 fully saturated rings. The molecular formula is C18H20N2O3. The second-order valence-electron chi connectivity index (χ2n) is 5.15. The first-order chi connectivity index (χ1) is 11.1. The summed E-state index contributed by atoms with van der Waals surface area (Å²) in [5.41, 5.74) is 1.60. The summed E-state index contributed by atoms with van der Waals surface area (Å²) in [5, 5.41) is 11.8. The Morgan fingerprint density at radius 2 is 1.70 bits per heavy atom. The van der Waals surface area contributed by atoms with E-state index in [2.05, 4.69) is 12.2 Å². The van der Waals surface area contributed by atoms with E-state index in [0.717, 1.165) is 18.5 Å². The molecule has 0 aliphatic heterocycles. The molecule has 5 nitrogen and oxygen atoms in total. The zero-order chi connectivity index (χ0) is 16.7. The van der Waals surface area contributed by atoms with Gasteiger partial charge in [0.05, 0.1) is 5.56 Å². The number of unbranched alkanes of at least 4 members (excludes halogenated alkanes) is 1. The van der Waals surface area contributed by atoms with Gasteiger partial charge < -0.3 is 10.4 Å². The number of para-hydroxylation sites is 1. The third kappa shape index (κ3) is 4.57. The molecule has 120 valence electrons. The van der Waals surface area contributed by atoms with Crippen molar-refractivity contribution in [2.45, 2.75) is 19.8 Å². The number of hydrogen-bond donors (Lipinski definition) is 2. The molecule has 2 rings (SSSR count). The minimum atomic E-state index is -0.981. The lowest BCUT2D eigenvalue weighted by molar-refractivity contribution is 0.0697. The molecule has 0 atom stereocenters. The zero-order valence-electron chi connectivity index (χ0n) is 13.0. The molecule has 0 aromatic heterocycles. The van der Waals surface area contributed by atoms with Gasteiger partial charge in [0.1, 0.15) is 0 Å². The molecule has 2 N–H and O–H groups in total. The maximum Gasteiger partial charge on any atom is 0.335 e. The number of amides is 2. The first kappa shape index (κ1) is 16.5. The van der Waals surface area contributed by atoms with E-state index in [-0.39, 0.29) is 11.6 Å². The average molecular weight is 312 g/mol. The van der Waals surface area contributed by atoms with E-state index >= 15 is 0 Å². The van der Waals surface area contributed by atoms with Crippen molar-refractivity contribution in [3.05, 3.63) is 60.2 Å². The molecule has 2 aromatic rings. The minimum Gasteiger partial charge on any atom is -0.478 e. The largest absolute Gasteiger partial charge is 0.478 e. The van der Waals surface area contributed by atoms with E-state index < -0.39 is 5.97 Å². The molecule has 5 heteroatoms. The average Bonchev–Trinajstić information content (AvgIpc) is 2.56. The molecule has 23 heavy (non-hydrogen) atoms. The number of carboxylic acids is 1. The number of carbonyl (C=O) groups is 2. The quantitative estimate of drug-likeness (QED) is 0.839. The standard InChI is InChI=1S/C18H20N2O3/c1-2-3-13-20(16-11-9-14(10-12-16)17(21)22)18(23)19-15-7-5-4-6-8-15/h4-12H,2-3,13H2,1H3,(H,19,23)(H,21,22). The number of benzene rings is 2. The SMILES string of the molecule is CCCCN(C(=O)Nc1ccccc1)c1ccc(C(=O)O)cc1. The lowest BCUT2D eigenvalue weighted by Crippen LogP contribution is -2.35. The highest BCUT2D eigenvalue weighted by molar-refractivity contribution is 6.02. The van der Waals surface area contributed by atoms with Crippen molar-refractivity contribution in [1.82, 2.24) is 0 Å². The second-order valence-corrected chi connectivity index (χ2v) is 5.15. The Morgan fingerprint density at radius 3 is 2.26 bits per heavy atom. The Hall–Kier alpha value is -2.82. The van der Waals surface area contributed by atoms with Gasteiger partial charge in [-0.15, -0.1) is 0 Å². The third-order valence-electron chi connectivity index (χ3n) is 3.43. The monoisotopic (exact) mass is 312 g/mol. The maximum atomic E-state index is 12.5. The van der Waals surface area contributed by atoms with Crippen molar-refractivity contribution in [3.63, 3.8) is 0 Å². The van der Waals surface area contributed by atoms with Crippen molar-refractivity contribution in [2.24, 2.45) is 0 Å². The fourth-order valence-electron chi connectivity index (χ4n) is 2.16. The van der Waals surface area contributed by atoms with Crippen LogP contribution in [0.1, 0.15) is 30.1 Å². The fraction of sp³-hybridized carbons (Fsp3) is 0.222. The summed E-state index contributed by atoms with van der Waals surface area (Å²) >= 11 is 0. The van der Waals surface area contributed by atoms with Crippen molar-refractivity contribution in [3.8, 4) is 0 Å². The number of anilines is 2. The predicted octanol–water partition coefficient (Wildman–Crippen LogP) is 4.22. The molecule has 2 amide bonds. The van der Waals surface area contributed by atoms with Crippen LogP contribution in [0.3, 0.4) is 0 Å². The number of carboxylic acid groups (broad SMARTS) is 1. The predicted molar refractivity (Wildman–Crippen MR) is 91.1 cm³/mol. The molecule has 0 aliphatic rings. The highest BCUT2D eigenvalue weighted by Gasteiger charge is 2.16. The molecular weight excluding hydrogens is 292 g/mol. The summed E-state index contributed by atoms with van der Waals surface area (Å²) in [6.07, 6.45) is 1.82. The molecule has 0 aliphatic carbocycles. The maximum absolute atomic E-state index is 12.5. The van der Waals surface area contributed by atoms with E-state index in [1.165, 1.54) is 12.1 Å². The van der Waals surface area contributed by atoms with Crippen LogP contribution in [0, 0.1) is 0 Å². The molecule has 0 saturated heterocycles. The van der Waals surface area contributed by atoms with Crippen molar-refractivity contribution in [2.75, 3.05) is 16.8 Å². The Labute approximate surface area is 135 Å². The van der Waals surface area contributed by atoms with Crippen LogP contribution in [-0.2, 0) is 0 Å². The van der Waals surface area contributed by atoms with E-state index in [0.29, 0.717) is 12.2 Å². The van der Waals surface area contributed by atoms with Crippen LogP contribution in [0.4, 0.5) is 16.2 Å². The van der Waals surface area contributed by atoms with Crippen LogP contribution >= 0.6 is 0 Å². The summed E-state index contributed by atoms with van der Waals surface area (Å²) in [6, 6.07) is 15.3. The van der Waals surface area contributed by atoms with Gasteiger partial charge in [-0.1, -0.05) is 31.5 Å². The summed E-state index contributed by atoms with van der Waals surface area (Å²) < 4.78 is 0. The summed E-state index contributed by atoms with van der Waals surface area (Å²) in [7, 11) is 0. The third-order valence-corrected chi connectivity index (χ3v) is 3.43. The summed E-state index contributed by atoms with van der Waals surface area (Å²) in [4.78, 5) is 25.1. The van der Waals surface area contributed by atoms with Gasteiger partial charge in [0, 0.05) is 17.9 Å². The van der Waals surface area contributed by atoms with E-state index in [1.54, 1.807) is 17.0 Å². The number of rotatable bonds is 6. The van der Waals surface area contributed by atoms with Crippen molar-refractivity contribution in [1.29, 1.82) is 0 Å². The van der Waals surface area contributed by atoms with Crippen molar-refractivity contribution >= 4 is 23.4 Å². The second kappa shape index (κ2) is 7.98. The van der Waals surface area contributed by atoms with E-state index in [9.17, 15) is 9.59 Å². The topological polar surface area (TPSA) is 69.6 Å². The van der Waals surface area contributed by atoms with Gasteiger partial charge in [-0.25, -0.2) is 9.59 Å². The van der Waals surface area contributed by atoms with Gasteiger partial charge >= 0.3 is 12.0 Å². The first-order valence-electron chi connectivity index (χ1n) is 7.58. The summed E-state index contributed by atoms with van der Waals surface area (Å²) in [6.45, 7) is 2.63. The first-order valence-corrected chi connectivity index (χ1v) is 7.58. The van der Waals surface area contributed by atoms with E-state index in [1.807, 2.05) is 30.3 Å². The van der Waals surface area contributed by atoms with Gasteiger partial charge in [0.15, 0.2) is 0 Å². The van der Waals surface area contributed by atoms with Crippen LogP contribution in [0.5, 0.6) is 0 Å². The van der Waals surface area contributed by atoms with Crippen LogP contribution < -0.4 is 10.2 Å². The van der Waals surface area contributed by atoms with Crippen LogP contribution in [0.2, 0.25) is 0 Å². The lowest BCUT2D eigenvalue weighted by Gasteiger charge is -2.23. The smallest absolute Gasteiger partial charge is 0.335 e.